The lowest BCUT2D eigenvalue weighted by molar-refractivity contribution is -0.117. The maximum atomic E-state index is 12.1. The SMILES string of the molecule is Cc1ccccc1NC(=O)CN(C(C)(C)C)S(C)(=O)=O. The van der Waals surface area contributed by atoms with Gasteiger partial charge in [-0.2, -0.15) is 4.31 Å². The van der Waals surface area contributed by atoms with Gasteiger partial charge in [0.25, 0.3) is 0 Å². The first-order valence-electron chi connectivity index (χ1n) is 6.35. The zero-order valence-electron chi connectivity index (χ0n) is 12.6. The van der Waals surface area contributed by atoms with Gasteiger partial charge in [-0.1, -0.05) is 18.2 Å². The fourth-order valence-corrected chi connectivity index (χ4v) is 3.23. The van der Waals surface area contributed by atoms with E-state index in [4.69, 9.17) is 0 Å². The number of amides is 1. The first-order chi connectivity index (χ1) is 9.01. The molecule has 0 saturated carbocycles. The van der Waals surface area contributed by atoms with E-state index in [2.05, 4.69) is 5.32 Å². The smallest absolute Gasteiger partial charge is 0.239 e. The summed E-state index contributed by atoms with van der Waals surface area (Å²) in [7, 11) is -3.45. The molecule has 0 aromatic heterocycles. The van der Waals surface area contributed by atoms with Crippen LogP contribution in [0, 0.1) is 6.92 Å². The van der Waals surface area contributed by atoms with Crippen LogP contribution in [0.2, 0.25) is 0 Å². The highest BCUT2D eigenvalue weighted by Crippen LogP contribution is 2.18. The van der Waals surface area contributed by atoms with E-state index in [1.807, 2.05) is 25.1 Å². The molecule has 5 nitrogen and oxygen atoms in total. The maximum Gasteiger partial charge on any atom is 0.239 e. The molecule has 0 aliphatic rings. The van der Waals surface area contributed by atoms with Crippen LogP contribution in [0.25, 0.3) is 0 Å². The molecule has 0 heterocycles. The van der Waals surface area contributed by atoms with Gasteiger partial charge in [0, 0.05) is 11.2 Å². The van der Waals surface area contributed by atoms with E-state index >= 15 is 0 Å². The Bertz CT molecular complexity index is 589. The second-order valence-corrected chi connectivity index (χ2v) is 7.71. The van der Waals surface area contributed by atoms with Crippen LogP contribution < -0.4 is 5.32 Å². The fourth-order valence-electron chi connectivity index (χ4n) is 1.89. The van der Waals surface area contributed by atoms with Gasteiger partial charge < -0.3 is 5.32 Å². The summed E-state index contributed by atoms with van der Waals surface area (Å²) in [6, 6.07) is 7.37. The van der Waals surface area contributed by atoms with E-state index in [-0.39, 0.29) is 12.5 Å². The highest BCUT2D eigenvalue weighted by molar-refractivity contribution is 7.88. The molecule has 0 radical (unpaired) electrons. The molecule has 6 heteroatoms. The lowest BCUT2D eigenvalue weighted by Crippen LogP contribution is -2.48. The van der Waals surface area contributed by atoms with Crippen LogP contribution in [0.1, 0.15) is 26.3 Å². The molecular weight excluding hydrogens is 276 g/mol. The average Bonchev–Trinajstić information content (AvgIpc) is 2.26. The Kier molecular flexibility index (Phi) is 4.94. The summed E-state index contributed by atoms with van der Waals surface area (Å²) >= 11 is 0. The van der Waals surface area contributed by atoms with Gasteiger partial charge in [0.1, 0.15) is 0 Å². The van der Waals surface area contributed by atoms with Crippen molar-refractivity contribution in [1.82, 2.24) is 4.31 Å². The van der Waals surface area contributed by atoms with Gasteiger partial charge in [0.05, 0.1) is 12.8 Å². The van der Waals surface area contributed by atoms with Gasteiger partial charge in [-0.05, 0) is 39.3 Å². The summed E-state index contributed by atoms with van der Waals surface area (Å²) in [5, 5.41) is 2.74. The Hall–Kier alpha value is -1.40. The van der Waals surface area contributed by atoms with E-state index in [1.54, 1.807) is 26.8 Å². The molecule has 0 aliphatic carbocycles. The molecule has 1 aromatic rings. The van der Waals surface area contributed by atoms with Crippen molar-refractivity contribution in [3.05, 3.63) is 29.8 Å². The number of anilines is 1. The van der Waals surface area contributed by atoms with Crippen LogP contribution in [-0.4, -0.2) is 37.0 Å². The summed E-state index contributed by atoms with van der Waals surface area (Å²) in [5.74, 6) is -0.348. The summed E-state index contributed by atoms with van der Waals surface area (Å²) < 4.78 is 24.7. The van der Waals surface area contributed by atoms with Gasteiger partial charge in [0.15, 0.2) is 0 Å². The molecule has 0 atom stereocenters. The Morgan fingerprint density at radius 1 is 1.25 bits per heavy atom. The van der Waals surface area contributed by atoms with E-state index in [9.17, 15) is 13.2 Å². The number of nitrogens with zero attached hydrogens (tertiary/aromatic N) is 1. The standard InChI is InChI=1S/C14H22N2O3S/c1-11-8-6-7-9-12(11)15-13(17)10-16(14(2,3)4)20(5,18)19/h6-9H,10H2,1-5H3,(H,15,17). The van der Waals surface area contributed by atoms with Gasteiger partial charge in [-0.25, -0.2) is 8.42 Å². The molecule has 0 spiro atoms. The summed E-state index contributed by atoms with van der Waals surface area (Å²) in [4.78, 5) is 12.1. The van der Waals surface area contributed by atoms with Crippen molar-refractivity contribution in [2.45, 2.75) is 33.2 Å². The average molecular weight is 298 g/mol. The van der Waals surface area contributed by atoms with E-state index in [0.717, 1.165) is 11.8 Å². The van der Waals surface area contributed by atoms with Crippen molar-refractivity contribution in [1.29, 1.82) is 0 Å². The third-order valence-electron chi connectivity index (χ3n) is 2.85. The number of rotatable bonds is 4. The fraction of sp³-hybridized carbons (Fsp3) is 0.500. The highest BCUT2D eigenvalue weighted by Gasteiger charge is 2.31. The Labute approximate surface area is 121 Å². The molecule has 0 unspecified atom stereocenters. The molecule has 1 aromatic carbocycles. The number of hydrogen-bond acceptors (Lipinski definition) is 3. The number of sulfonamides is 1. The second kappa shape index (κ2) is 5.93. The Morgan fingerprint density at radius 3 is 2.25 bits per heavy atom. The summed E-state index contributed by atoms with van der Waals surface area (Å²) in [5.41, 5.74) is 0.985. The molecule has 1 amide bonds. The first kappa shape index (κ1) is 16.7. The third kappa shape index (κ3) is 4.61. The minimum absolute atomic E-state index is 0.198. The normalized spacial score (nSPS) is 12.5. The molecular formula is C14H22N2O3S. The van der Waals surface area contributed by atoms with Gasteiger partial charge >= 0.3 is 0 Å². The van der Waals surface area contributed by atoms with Crippen molar-refractivity contribution in [3.63, 3.8) is 0 Å². The second-order valence-electron chi connectivity index (χ2n) is 5.80. The largest absolute Gasteiger partial charge is 0.325 e. The van der Waals surface area contributed by atoms with Crippen molar-refractivity contribution in [2.75, 3.05) is 18.1 Å². The number of hydrogen-bond donors (Lipinski definition) is 1. The lowest BCUT2D eigenvalue weighted by Gasteiger charge is -2.32. The number of carbonyl (C=O) groups excluding carboxylic acids is 1. The predicted octanol–water partition coefficient (Wildman–Crippen LogP) is 1.99. The van der Waals surface area contributed by atoms with Crippen LogP contribution >= 0.6 is 0 Å². The molecule has 0 bridgehead atoms. The van der Waals surface area contributed by atoms with E-state index < -0.39 is 15.6 Å². The molecule has 112 valence electrons. The van der Waals surface area contributed by atoms with E-state index in [0.29, 0.717) is 5.69 Å². The quantitative estimate of drug-likeness (QED) is 0.924. The minimum atomic E-state index is -3.45. The lowest BCUT2D eigenvalue weighted by atomic mass is 10.1. The van der Waals surface area contributed by atoms with Crippen molar-refractivity contribution in [3.8, 4) is 0 Å². The molecule has 1 N–H and O–H groups in total. The number of nitrogens with one attached hydrogen (secondary N) is 1. The van der Waals surface area contributed by atoms with Crippen molar-refractivity contribution in [2.24, 2.45) is 0 Å². The Morgan fingerprint density at radius 2 is 1.80 bits per heavy atom. The van der Waals surface area contributed by atoms with Crippen molar-refractivity contribution < 1.29 is 13.2 Å². The van der Waals surface area contributed by atoms with E-state index in [1.165, 1.54) is 4.31 Å². The van der Waals surface area contributed by atoms with Crippen LogP contribution in [0.3, 0.4) is 0 Å². The van der Waals surface area contributed by atoms with Crippen LogP contribution in [0.5, 0.6) is 0 Å². The first-order valence-corrected chi connectivity index (χ1v) is 8.20. The Balaban J connectivity index is 2.86. The highest BCUT2D eigenvalue weighted by atomic mass is 32.2. The summed E-state index contributed by atoms with van der Waals surface area (Å²) in [6.07, 6.45) is 1.11. The number of para-hydroxylation sites is 1. The van der Waals surface area contributed by atoms with Crippen LogP contribution in [0.15, 0.2) is 24.3 Å². The molecule has 0 fully saturated rings. The van der Waals surface area contributed by atoms with Gasteiger partial charge in [-0.3, -0.25) is 4.79 Å². The zero-order chi connectivity index (χ0) is 15.6. The zero-order valence-corrected chi connectivity index (χ0v) is 13.4. The topological polar surface area (TPSA) is 66.5 Å². The van der Waals surface area contributed by atoms with Crippen LogP contribution in [0.4, 0.5) is 5.69 Å². The monoisotopic (exact) mass is 298 g/mol. The molecule has 1 rings (SSSR count). The van der Waals surface area contributed by atoms with Gasteiger partial charge in [-0.15, -0.1) is 0 Å². The molecule has 0 saturated heterocycles. The van der Waals surface area contributed by atoms with Crippen LogP contribution in [-0.2, 0) is 14.8 Å². The number of carbonyl (C=O) groups is 1. The minimum Gasteiger partial charge on any atom is -0.325 e. The maximum absolute atomic E-state index is 12.1. The summed E-state index contributed by atoms with van der Waals surface area (Å²) in [6.45, 7) is 6.96. The number of aryl methyl sites for hydroxylation is 1. The predicted molar refractivity (Wildman–Crippen MR) is 81.1 cm³/mol. The number of benzene rings is 1. The molecule has 20 heavy (non-hydrogen) atoms. The third-order valence-corrected chi connectivity index (χ3v) is 4.33. The van der Waals surface area contributed by atoms with Gasteiger partial charge in [0.2, 0.25) is 15.9 Å². The van der Waals surface area contributed by atoms with Crippen molar-refractivity contribution >= 4 is 21.6 Å². The molecule has 0 aliphatic heterocycles.